The molecule has 2 aromatic rings. The highest BCUT2D eigenvalue weighted by atomic mass is 35.5. The van der Waals surface area contributed by atoms with Crippen molar-refractivity contribution in [1.29, 1.82) is 0 Å². The molecule has 0 spiro atoms. The van der Waals surface area contributed by atoms with E-state index < -0.39 is 0 Å². The average molecular weight is 266 g/mol. The van der Waals surface area contributed by atoms with Gasteiger partial charge in [-0.25, -0.2) is 9.97 Å². The molecule has 2 aromatic heterocycles. The minimum atomic E-state index is 0.0437. The zero-order valence-corrected chi connectivity index (χ0v) is 10.9. The number of nitrogens with two attached hydrogens (primary N) is 1. The first-order chi connectivity index (χ1) is 8.70. The Morgan fingerprint density at radius 2 is 2.28 bits per heavy atom. The van der Waals surface area contributed by atoms with Crippen LogP contribution < -0.4 is 11.3 Å². The SMILES string of the molecule is Cn1ccnc1CCC(NN)c1ccnc(Cl)c1. The number of pyridine rings is 1. The summed E-state index contributed by atoms with van der Waals surface area (Å²) in [5.41, 5.74) is 3.84. The largest absolute Gasteiger partial charge is 0.338 e. The molecule has 0 aliphatic heterocycles. The van der Waals surface area contributed by atoms with Crippen LogP contribution in [-0.4, -0.2) is 14.5 Å². The average Bonchev–Trinajstić information content (AvgIpc) is 2.76. The first kappa shape index (κ1) is 13.0. The Hall–Kier alpha value is -1.43. The zero-order chi connectivity index (χ0) is 13.0. The molecule has 6 heteroatoms. The van der Waals surface area contributed by atoms with Crippen LogP contribution in [-0.2, 0) is 13.5 Å². The van der Waals surface area contributed by atoms with Gasteiger partial charge < -0.3 is 4.57 Å². The van der Waals surface area contributed by atoms with Gasteiger partial charge in [0, 0.05) is 38.1 Å². The van der Waals surface area contributed by atoms with Crippen LogP contribution in [0.1, 0.15) is 23.9 Å². The third kappa shape index (κ3) is 3.07. The van der Waals surface area contributed by atoms with E-state index in [-0.39, 0.29) is 6.04 Å². The van der Waals surface area contributed by atoms with E-state index in [1.807, 2.05) is 29.9 Å². The summed E-state index contributed by atoms with van der Waals surface area (Å²) < 4.78 is 2.01. The van der Waals surface area contributed by atoms with Crippen LogP contribution >= 0.6 is 11.6 Å². The number of rotatable bonds is 5. The first-order valence-electron chi connectivity index (χ1n) is 5.74. The highest BCUT2D eigenvalue weighted by Gasteiger charge is 2.11. The molecule has 2 rings (SSSR count). The van der Waals surface area contributed by atoms with E-state index >= 15 is 0 Å². The van der Waals surface area contributed by atoms with Crippen LogP contribution in [0, 0.1) is 0 Å². The van der Waals surface area contributed by atoms with Crippen LogP contribution in [0.2, 0.25) is 5.15 Å². The number of aryl methyl sites for hydroxylation is 2. The Morgan fingerprint density at radius 1 is 1.44 bits per heavy atom. The normalized spacial score (nSPS) is 12.6. The molecule has 0 saturated heterocycles. The third-order valence-corrected chi connectivity index (χ3v) is 3.14. The van der Waals surface area contributed by atoms with Gasteiger partial charge in [0.25, 0.3) is 0 Å². The van der Waals surface area contributed by atoms with Gasteiger partial charge in [0.15, 0.2) is 0 Å². The van der Waals surface area contributed by atoms with Gasteiger partial charge in [-0.05, 0) is 24.1 Å². The molecule has 0 amide bonds. The van der Waals surface area contributed by atoms with E-state index in [9.17, 15) is 0 Å². The van der Waals surface area contributed by atoms with E-state index in [4.69, 9.17) is 17.4 Å². The van der Waals surface area contributed by atoms with E-state index in [0.29, 0.717) is 5.15 Å². The van der Waals surface area contributed by atoms with Crippen molar-refractivity contribution >= 4 is 11.6 Å². The van der Waals surface area contributed by atoms with E-state index in [2.05, 4.69) is 15.4 Å². The first-order valence-corrected chi connectivity index (χ1v) is 6.12. The molecule has 0 radical (unpaired) electrons. The molecular formula is C12H16ClN5. The Bertz CT molecular complexity index is 511. The maximum Gasteiger partial charge on any atom is 0.129 e. The third-order valence-electron chi connectivity index (χ3n) is 2.93. The molecule has 18 heavy (non-hydrogen) atoms. The number of nitrogens with zero attached hydrogens (tertiary/aromatic N) is 3. The van der Waals surface area contributed by atoms with Crippen molar-refractivity contribution in [2.75, 3.05) is 0 Å². The van der Waals surface area contributed by atoms with Crippen molar-refractivity contribution in [2.45, 2.75) is 18.9 Å². The predicted molar refractivity (Wildman–Crippen MR) is 70.8 cm³/mol. The summed E-state index contributed by atoms with van der Waals surface area (Å²) in [7, 11) is 1.98. The Kier molecular flexibility index (Phi) is 4.30. The number of aromatic nitrogens is 3. The number of nitrogens with one attached hydrogen (secondary N) is 1. The van der Waals surface area contributed by atoms with Crippen molar-refractivity contribution in [1.82, 2.24) is 20.0 Å². The van der Waals surface area contributed by atoms with Gasteiger partial charge in [-0.2, -0.15) is 0 Å². The van der Waals surface area contributed by atoms with E-state index in [1.54, 1.807) is 12.4 Å². The molecular weight excluding hydrogens is 250 g/mol. The second-order valence-electron chi connectivity index (χ2n) is 4.12. The van der Waals surface area contributed by atoms with Crippen molar-refractivity contribution < 1.29 is 0 Å². The quantitative estimate of drug-likeness (QED) is 0.490. The standard InChI is InChI=1S/C12H16ClN5/c1-18-7-6-16-12(18)3-2-10(17-14)9-4-5-15-11(13)8-9/h4-8,10,17H,2-3,14H2,1H3. The molecule has 0 saturated carbocycles. The highest BCUT2D eigenvalue weighted by molar-refractivity contribution is 6.29. The fourth-order valence-corrected chi connectivity index (χ4v) is 2.07. The van der Waals surface area contributed by atoms with Gasteiger partial charge >= 0.3 is 0 Å². The molecule has 1 atom stereocenters. The Labute approximate surface area is 111 Å². The van der Waals surface area contributed by atoms with Crippen molar-refractivity contribution in [3.8, 4) is 0 Å². The maximum atomic E-state index is 5.87. The fraction of sp³-hybridized carbons (Fsp3) is 0.333. The summed E-state index contributed by atoms with van der Waals surface area (Å²) in [5, 5.41) is 0.477. The molecule has 2 heterocycles. The van der Waals surface area contributed by atoms with Crippen LogP contribution in [0.15, 0.2) is 30.7 Å². The molecule has 3 N–H and O–H groups in total. The van der Waals surface area contributed by atoms with Crippen molar-refractivity contribution in [3.63, 3.8) is 0 Å². The van der Waals surface area contributed by atoms with Gasteiger partial charge in [-0.1, -0.05) is 11.6 Å². The summed E-state index contributed by atoms with van der Waals surface area (Å²) >= 11 is 5.87. The summed E-state index contributed by atoms with van der Waals surface area (Å²) in [4.78, 5) is 8.25. The highest BCUT2D eigenvalue weighted by Crippen LogP contribution is 2.19. The lowest BCUT2D eigenvalue weighted by atomic mass is 10.0. The monoisotopic (exact) mass is 265 g/mol. The van der Waals surface area contributed by atoms with E-state index in [1.165, 1.54) is 0 Å². The minimum absolute atomic E-state index is 0.0437. The zero-order valence-electron chi connectivity index (χ0n) is 10.2. The van der Waals surface area contributed by atoms with Crippen LogP contribution in [0.25, 0.3) is 0 Å². The molecule has 0 aliphatic rings. The molecule has 0 fully saturated rings. The van der Waals surface area contributed by atoms with Crippen molar-refractivity contribution in [3.05, 3.63) is 47.3 Å². The minimum Gasteiger partial charge on any atom is -0.338 e. The van der Waals surface area contributed by atoms with Crippen LogP contribution in [0.4, 0.5) is 0 Å². The number of imidazole rings is 1. The van der Waals surface area contributed by atoms with Gasteiger partial charge in [-0.15, -0.1) is 0 Å². The fourth-order valence-electron chi connectivity index (χ4n) is 1.89. The molecule has 0 bridgehead atoms. The maximum absolute atomic E-state index is 5.87. The number of hydrogen-bond donors (Lipinski definition) is 2. The summed E-state index contributed by atoms with van der Waals surface area (Å²) in [5.74, 6) is 6.63. The predicted octanol–water partition coefficient (Wildman–Crippen LogP) is 1.61. The number of halogens is 1. The molecule has 0 aromatic carbocycles. The second-order valence-corrected chi connectivity index (χ2v) is 4.51. The van der Waals surface area contributed by atoms with Gasteiger partial charge in [0.05, 0.1) is 0 Å². The Balaban J connectivity index is 2.04. The topological polar surface area (TPSA) is 68.8 Å². The molecule has 5 nitrogen and oxygen atoms in total. The molecule has 0 aliphatic carbocycles. The number of hydrogen-bond acceptors (Lipinski definition) is 4. The lowest BCUT2D eigenvalue weighted by molar-refractivity contribution is 0.506. The number of hydrazine groups is 1. The van der Waals surface area contributed by atoms with E-state index in [0.717, 1.165) is 24.2 Å². The summed E-state index contributed by atoms with van der Waals surface area (Å²) in [6, 6.07) is 3.78. The van der Waals surface area contributed by atoms with Crippen LogP contribution in [0.5, 0.6) is 0 Å². The summed E-state index contributed by atoms with van der Waals surface area (Å²) in [6.07, 6.45) is 7.11. The van der Waals surface area contributed by atoms with Gasteiger partial charge in [-0.3, -0.25) is 11.3 Å². The van der Waals surface area contributed by atoms with Crippen molar-refractivity contribution in [2.24, 2.45) is 12.9 Å². The van der Waals surface area contributed by atoms with Gasteiger partial charge in [0.2, 0.25) is 0 Å². The Morgan fingerprint density at radius 3 is 2.89 bits per heavy atom. The smallest absolute Gasteiger partial charge is 0.129 e. The summed E-state index contributed by atoms with van der Waals surface area (Å²) in [6.45, 7) is 0. The van der Waals surface area contributed by atoms with Crippen LogP contribution in [0.3, 0.4) is 0 Å². The van der Waals surface area contributed by atoms with Gasteiger partial charge in [0.1, 0.15) is 11.0 Å². The molecule has 1 unspecified atom stereocenters. The molecule has 96 valence electrons. The lowest BCUT2D eigenvalue weighted by Crippen LogP contribution is -2.28. The second kappa shape index (κ2) is 5.95. The lowest BCUT2D eigenvalue weighted by Gasteiger charge is -2.16.